The standard InChI is InChI=1S/C10H14O/c1-8-3-5-10(6-4-8)9(2)7-11/h3-6,9,11H,7H2,1-2H3/t9-/m0/s1. The van der Waals surface area contributed by atoms with E-state index in [1.165, 1.54) is 11.1 Å². The first-order valence-electron chi connectivity index (χ1n) is 3.91. The Hall–Kier alpha value is -0.820. The van der Waals surface area contributed by atoms with E-state index in [4.69, 9.17) is 5.11 Å². The highest BCUT2D eigenvalue weighted by Crippen LogP contribution is 2.14. The fourth-order valence-electron chi connectivity index (χ4n) is 1.00. The number of aryl methyl sites for hydroxylation is 1. The van der Waals surface area contributed by atoms with Gasteiger partial charge in [-0.1, -0.05) is 36.8 Å². The molecule has 1 nitrogen and oxygen atoms in total. The van der Waals surface area contributed by atoms with Crippen molar-refractivity contribution in [3.63, 3.8) is 0 Å². The van der Waals surface area contributed by atoms with Gasteiger partial charge in [0.1, 0.15) is 0 Å². The highest BCUT2D eigenvalue weighted by atomic mass is 16.3. The summed E-state index contributed by atoms with van der Waals surface area (Å²) in [7, 11) is 0. The Bertz CT molecular complexity index is 213. The summed E-state index contributed by atoms with van der Waals surface area (Å²) in [6, 6.07) is 8.27. The predicted octanol–water partition coefficient (Wildman–Crippen LogP) is 2.09. The molecule has 60 valence electrons. The van der Waals surface area contributed by atoms with E-state index in [0.29, 0.717) is 0 Å². The first kappa shape index (κ1) is 8.28. The Kier molecular flexibility index (Phi) is 2.66. The van der Waals surface area contributed by atoms with Gasteiger partial charge in [0.05, 0.1) is 0 Å². The summed E-state index contributed by atoms with van der Waals surface area (Å²) in [5.74, 6) is 0.260. The van der Waals surface area contributed by atoms with E-state index in [-0.39, 0.29) is 12.5 Å². The van der Waals surface area contributed by atoms with Gasteiger partial charge < -0.3 is 5.11 Å². The molecule has 1 N–H and O–H groups in total. The van der Waals surface area contributed by atoms with Crippen LogP contribution in [0, 0.1) is 6.92 Å². The van der Waals surface area contributed by atoms with Gasteiger partial charge in [-0.3, -0.25) is 0 Å². The van der Waals surface area contributed by atoms with Crippen LogP contribution in [0.25, 0.3) is 0 Å². The molecular weight excluding hydrogens is 136 g/mol. The van der Waals surface area contributed by atoms with E-state index >= 15 is 0 Å². The molecular formula is C10H14O. The average molecular weight is 150 g/mol. The SMILES string of the molecule is Cc1ccc([C@@H](C)CO)cc1. The van der Waals surface area contributed by atoms with Crippen LogP contribution in [-0.2, 0) is 0 Å². The molecule has 1 rings (SSSR count). The van der Waals surface area contributed by atoms with Crippen molar-refractivity contribution in [1.29, 1.82) is 0 Å². The van der Waals surface area contributed by atoms with E-state index < -0.39 is 0 Å². The van der Waals surface area contributed by atoms with Crippen molar-refractivity contribution in [2.45, 2.75) is 19.8 Å². The molecule has 11 heavy (non-hydrogen) atoms. The summed E-state index contributed by atoms with van der Waals surface area (Å²) in [6.07, 6.45) is 0. The molecule has 0 spiro atoms. The lowest BCUT2D eigenvalue weighted by molar-refractivity contribution is 0.273. The monoisotopic (exact) mass is 150 g/mol. The van der Waals surface area contributed by atoms with Crippen LogP contribution in [0.2, 0.25) is 0 Å². The quantitative estimate of drug-likeness (QED) is 0.684. The molecule has 0 radical (unpaired) electrons. The Labute approximate surface area is 67.7 Å². The molecule has 0 saturated carbocycles. The van der Waals surface area contributed by atoms with E-state index in [1.807, 2.05) is 6.92 Å². The fourth-order valence-corrected chi connectivity index (χ4v) is 1.00. The van der Waals surface area contributed by atoms with E-state index in [9.17, 15) is 0 Å². The Morgan fingerprint density at radius 2 is 1.82 bits per heavy atom. The normalized spacial score (nSPS) is 13.0. The van der Waals surface area contributed by atoms with Gasteiger partial charge in [0.25, 0.3) is 0 Å². The topological polar surface area (TPSA) is 20.2 Å². The predicted molar refractivity (Wildman–Crippen MR) is 46.7 cm³/mol. The van der Waals surface area contributed by atoms with Crippen LogP contribution in [0.4, 0.5) is 0 Å². The van der Waals surface area contributed by atoms with Gasteiger partial charge in [0.2, 0.25) is 0 Å². The zero-order valence-electron chi connectivity index (χ0n) is 7.04. The molecule has 0 heterocycles. The molecule has 0 unspecified atom stereocenters. The molecule has 1 aromatic carbocycles. The third-order valence-electron chi connectivity index (χ3n) is 1.92. The van der Waals surface area contributed by atoms with Gasteiger partial charge in [-0.2, -0.15) is 0 Å². The van der Waals surface area contributed by atoms with Crippen molar-refractivity contribution in [2.75, 3.05) is 6.61 Å². The molecule has 1 aromatic rings. The summed E-state index contributed by atoms with van der Waals surface area (Å²) < 4.78 is 0. The minimum atomic E-state index is 0.225. The largest absolute Gasteiger partial charge is 0.396 e. The van der Waals surface area contributed by atoms with Crippen LogP contribution in [0.15, 0.2) is 24.3 Å². The lowest BCUT2D eigenvalue weighted by atomic mass is 10.0. The van der Waals surface area contributed by atoms with Gasteiger partial charge >= 0.3 is 0 Å². The Balaban J connectivity index is 2.81. The minimum Gasteiger partial charge on any atom is -0.396 e. The second-order valence-corrected chi connectivity index (χ2v) is 2.99. The Morgan fingerprint density at radius 1 is 1.27 bits per heavy atom. The summed E-state index contributed by atoms with van der Waals surface area (Å²) in [4.78, 5) is 0. The number of benzene rings is 1. The second-order valence-electron chi connectivity index (χ2n) is 2.99. The summed E-state index contributed by atoms with van der Waals surface area (Å²) >= 11 is 0. The van der Waals surface area contributed by atoms with E-state index in [0.717, 1.165) is 0 Å². The van der Waals surface area contributed by atoms with Gasteiger partial charge in [0.15, 0.2) is 0 Å². The highest BCUT2D eigenvalue weighted by molar-refractivity contribution is 5.23. The van der Waals surface area contributed by atoms with Crippen LogP contribution >= 0.6 is 0 Å². The van der Waals surface area contributed by atoms with Gasteiger partial charge in [-0.15, -0.1) is 0 Å². The summed E-state index contributed by atoms with van der Waals surface area (Å²) in [6.45, 7) is 4.31. The number of aliphatic hydroxyl groups is 1. The van der Waals surface area contributed by atoms with Crippen molar-refractivity contribution in [3.8, 4) is 0 Å². The zero-order chi connectivity index (χ0) is 8.27. The average Bonchev–Trinajstić information content (AvgIpc) is 2.05. The minimum absolute atomic E-state index is 0.225. The number of aliphatic hydroxyl groups excluding tert-OH is 1. The smallest absolute Gasteiger partial charge is 0.0497 e. The maximum absolute atomic E-state index is 8.86. The molecule has 0 bridgehead atoms. The van der Waals surface area contributed by atoms with Crippen LogP contribution in [0.1, 0.15) is 24.0 Å². The van der Waals surface area contributed by atoms with Crippen LogP contribution < -0.4 is 0 Å². The molecule has 0 fully saturated rings. The van der Waals surface area contributed by atoms with Crippen LogP contribution in [-0.4, -0.2) is 11.7 Å². The van der Waals surface area contributed by atoms with Crippen LogP contribution in [0.3, 0.4) is 0 Å². The molecule has 0 saturated heterocycles. The number of hydrogen-bond donors (Lipinski definition) is 1. The van der Waals surface area contributed by atoms with E-state index in [1.54, 1.807) is 0 Å². The molecule has 1 atom stereocenters. The molecule has 1 heteroatoms. The number of hydrogen-bond acceptors (Lipinski definition) is 1. The molecule has 0 aliphatic carbocycles. The fraction of sp³-hybridized carbons (Fsp3) is 0.400. The first-order valence-corrected chi connectivity index (χ1v) is 3.91. The third kappa shape index (κ3) is 2.05. The lowest BCUT2D eigenvalue weighted by Gasteiger charge is -2.07. The van der Waals surface area contributed by atoms with Gasteiger partial charge in [0, 0.05) is 12.5 Å². The highest BCUT2D eigenvalue weighted by Gasteiger charge is 2.01. The first-order chi connectivity index (χ1) is 5.24. The lowest BCUT2D eigenvalue weighted by Crippen LogP contribution is -1.97. The van der Waals surface area contributed by atoms with Crippen LogP contribution in [0.5, 0.6) is 0 Å². The summed E-state index contributed by atoms with van der Waals surface area (Å²) in [5, 5.41) is 8.86. The summed E-state index contributed by atoms with van der Waals surface area (Å²) in [5.41, 5.74) is 2.47. The van der Waals surface area contributed by atoms with Crippen molar-refractivity contribution in [1.82, 2.24) is 0 Å². The molecule has 0 aliphatic heterocycles. The van der Waals surface area contributed by atoms with Crippen molar-refractivity contribution < 1.29 is 5.11 Å². The van der Waals surface area contributed by atoms with Crippen molar-refractivity contribution >= 4 is 0 Å². The molecule has 0 aromatic heterocycles. The maximum Gasteiger partial charge on any atom is 0.0497 e. The number of rotatable bonds is 2. The van der Waals surface area contributed by atoms with Gasteiger partial charge in [-0.25, -0.2) is 0 Å². The van der Waals surface area contributed by atoms with Gasteiger partial charge in [-0.05, 0) is 12.5 Å². The molecule has 0 aliphatic rings. The maximum atomic E-state index is 8.86. The van der Waals surface area contributed by atoms with Crippen molar-refractivity contribution in [3.05, 3.63) is 35.4 Å². The second kappa shape index (κ2) is 3.54. The Morgan fingerprint density at radius 3 is 2.27 bits per heavy atom. The van der Waals surface area contributed by atoms with E-state index in [2.05, 4.69) is 31.2 Å². The third-order valence-corrected chi connectivity index (χ3v) is 1.92. The van der Waals surface area contributed by atoms with Crippen molar-refractivity contribution in [2.24, 2.45) is 0 Å². The zero-order valence-corrected chi connectivity index (χ0v) is 7.04. The molecule has 0 amide bonds.